The first-order valence-electron chi connectivity index (χ1n) is 7.35. The molecule has 4 N–H and O–H groups in total. The maximum absolute atomic E-state index is 12.1. The highest BCUT2D eigenvalue weighted by Gasteiger charge is 2.33. The lowest BCUT2D eigenvalue weighted by molar-refractivity contribution is 0.0940. The summed E-state index contributed by atoms with van der Waals surface area (Å²) in [6, 6.07) is 0.336. The standard InChI is InChI=1S/C14H23N5O2/c1-14(2)5-10-11(13(20)15-7-14)17-12(16-10)9-4-8(6-21-3)18-19-9/h8-9,18-19H,4-7H2,1-3H3,(H,15,20)(H,16,17). The normalized spacial score (nSPS) is 28.0. The van der Waals surface area contributed by atoms with Crippen molar-refractivity contribution < 1.29 is 9.53 Å². The summed E-state index contributed by atoms with van der Waals surface area (Å²) >= 11 is 0. The number of H-pyrrole nitrogens is 1. The molecular weight excluding hydrogens is 270 g/mol. The van der Waals surface area contributed by atoms with Crippen molar-refractivity contribution in [3.8, 4) is 0 Å². The van der Waals surface area contributed by atoms with Crippen LogP contribution in [0.5, 0.6) is 0 Å². The molecule has 2 unspecified atom stereocenters. The number of amides is 1. The highest BCUT2D eigenvalue weighted by Crippen LogP contribution is 2.28. The zero-order valence-electron chi connectivity index (χ0n) is 12.7. The molecule has 2 aliphatic rings. The van der Waals surface area contributed by atoms with Crippen molar-refractivity contribution in [2.24, 2.45) is 5.41 Å². The Labute approximate surface area is 124 Å². The number of imidazole rings is 1. The van der Waals surface area contributed by atoms with Crippen LogP contribution >= 0.6 is 0 Å². The number of hydrogen-bond donors (Lipinski definition) is 4. The minimum Gasteiger partial charge on any atom is -0.383 e. The van der Waals surface area contributed by atoms with Crippen molar-refractivity contribution >= 4 is 5.91 Å². The first-order chi connectivity index (χ1) is 9.98. The Hall–Kier alpha value is -1.44. The zero-order chi connectivity index (χ0) is 15.0. The molecule has 1 aromatic rings. The SMILES string of the molecule is COCC1CC(c2nc3c([nH]2)CC(C)(C)CNC3=O)NN1. The van der Waals surface area contributed by atoms with Gasteiger partial charge in [-0.05, 0) is 18.3 Å². The lowest BCUT2D eigenvalue weighted by Gasteiger charge is -2.21. The Morgan fingerprint density at radius 3 is 2.95 bits per heavy atom. The molecule has 3 heterocycles. The van der Waals surface area contributed by atoms with Gasteiger partial charge < -0.3 is 15.0 Å². The summed E-state index contributed by atoms with van der Waals surface area (Å²) in [4.78, 5) is 20.0. The molecule has 1 fully saturated rings. The van der Waals surface area contributed by atoms with Crippen molar-refractivity contribution in [1.82, 2.24) is 26.1 Å². The molecule has 2 aliphatic heterocycles. The second-order valence-corrected chi connectivity index (χ2v) is 6.70. The predicted molar refractivity (Wildman–Crippen MR) is 77.7 cm³/mol. The number of aromatic nitrogens is 2. The van der Waals surface area contributed by atoms with Crippen LogP contribution in [0.25, 0.3) is 0 Å². The van der Waals surface area contributed by atoms with Gasteiger partial charge in [-0.15, -0.1) is 0 Å². The molecule has 7 nitrogen and oxygen atoms in total. The van der Waals surface area contributed by atoms with Crippen LogP contribution < -0.4 is 16.2 Å². The lowest BCUT2D eigenvalue weighted by Crippen LogP contribution is -2.33. The molecule has 1 amide bonds. The number of aromatic amines is 1. The van der Waals surface area contributed by atoms with E-state index in [4.69, 9.17) is 4.74 Å². The largest absolute Gasteiger partial charge is 0.383 e. The van der Waals surface area contributed by atoms with Crippen LogP contribution in [0.2, 0.25) is 0 Å². The van der Waals surface area contributed by atoms with Crippen molar-refractivity contribution in [1.29, 1.82) is 0 Å². The van der Waals surface area contributed by atoms with Gasteiger partial charge in [0.2, 0.25) is 0 Å². The third-order valence-corrected chi connectivity index (χ3v) is 4.07. The second kappa shape index (κ2) is 5.40. The number of fused-ring (bicyclic) bond motifs is 1. The summed E-state index contributed by atoms with van der Waals surface area (Å²) in [5.74, 6) is 0.733. The summed E-state index contributed by atoms with van der Waals surface area (Å²) in [6.07, 6.45) is 1.70. The number of hydrazine groups is 1. The fraction of sp³-hybridized carbons (Fsp3) is 0.714. The molecule has 7 heteroatoms. The van der Waals surface area contributed by atoms with Crippen LogP contribution in [0, 0.1) is 5.41 Å². The molecule has 116 valence electrons. The molecule has 0 radical (unpaired) electrons. The quantitative estimate of drug-likeness (QED) is 0.642. The third-order valence-electron chi connectivity index (χ3n) is 4.07. The fourth-order valence-corrected chi connectivity index (χ4v) is 2.97. The van der Waals surface area contributed by atoms with E-state index in [0.29, 0.717) is 18.8 Å². The molecule has 2 atom stereocenters. The van der Waals surface area contributed by atoms with E-state index in [2.05, 4.69) is 40.0 Å². The Morgan fingerprint density at radius 2 is 2.19 bits per heavy atom. The van der Waals surface area contributed by atoms with E-state index in [0.717, 1.165) is 24.4 Å². The Balaban J connectivity index is 1.81. The van der Waals surface area contributed by atoms with E-state index in [9.17, 15) is 4.79 Å². The Bertz CT molecular complexity index is 539. The maximum Gasteiger partial charge on any atom is 0.271 e. The lowest BCUT2D eigenvalue weighted by atomic mass is 9.88. The van der Waals surface area contributed by atoms with Gasteiger partial charge in [0.25, 0.3) is 5.91 Å². The molecule has 0 bridgehead atoms. The predicted octanol–water partition coefficient (Wildman–Crippen LogP) is 0.276. The van der Waals surface area contributed by atoms with Gasteiger partial charge in [0.15, 0.2) is 0 Å². The zero-order valence-corrected chi connectivity index (χ0v) is 12.7. The number of methoxy groups -OCH3 is 1. The number of nitrogens with zero attached hydrogens (tertiary/aromatic N) is 1. The molecular formula is C14H23N5O2. The smallest absolute Gasteiger partial charge is 0.271 e. The molecule has 0 spiro atoms. The first-order valence-corrected chi connectivity index (χ1v) is 7.35. The number of ether oxygens (including phenoxy) is 1. The Kier molecular flexibility index (Phi) is 3.73. The highest BCUT2D eigenvalue weighted by molar-refractivity contribution is 5.94. The fourth-order valence-electron chi connectivity index (χ4n) is 2.97. The molecule has 3 rings (SSSR count). The van der Waals surface area contributed by atoms with Gasteiger partial charge >= 0.3 is 0 Å². The van der Waals surface area contributed by atoms with E-state index in [1.54, 1.807) is 7.11 Å². The van der Waals surface area contributed by atoms with Crippen molar-refractivity contribution in [2.45, 2.75) is 38.8 Å². The van der Waals surface area contributed by atoms with Crippen molar-refractivity contribution in [3.63, 3.8) is 0 Å². The van der Waals surface area contributed by atoms with Gasteiger partial charge in [0, 0.05) is 25.4 Å². The van der Waals surface area contributed by atoms with Crippen LogP contribution in [0.15, 0.2) is 0 Å². The van der Waals surface area contributed by atoms with Crippen LogP contribution in [0.1, 0.15) is 48.3 Å². The van der Waals surface area contributed by atoms with Crippen molar-refractivity contribution in [2.75, 3.05) is 20.3 Å². The summed E-state index contributed by atoms with van der Waals surface area (Å²) in [6.45, 7) is 5.61. The average molecular weight is 293 g/mol. The number of carbonyl (C=O) groups is 1. The maximum atomic E-state index is 12.1. The van der Waals surface area contributed by atoms with Gasteiger partial charge in [-0.2, -0.15) is 0 Å². The number of nitrogens with one attached hydrogen (secondary N) is 4. The van der Waals surface area contributed by atoms with Crippen LogP contribution in [0.3, 0.4) is 0 Å². The van der Waals surface area contributed by atoms with Gasteiger partial charge in [-0.3, -0.25) is 10.2 Å². The van der Waals surface area contributed by atoms with E-state index < -0.39 is 0 Å². The minimum absolute atomic E-state index is 0.0324. The van der Waals surface area contributed by atoms with Gasteiger partial charge in [0.05, 0.1) is 12.6 Å². The minimum atomic E-state index is -0.0857. The van der Waals surface area contributed by atoms with Gasteiger partial charge in [-0.1, -0.05) is 13.8 Å². The van der Waals surface area contributed by atoms with E-state index in [1.165, 1.54) is 0 Å². The van der Waals surface area contributed by atoms with Crippen LogP contribution in [0.4, 0.5) is 0 Å². The molecule has 1 saturated heterocycles. The first kappa shape index (κ1) is 14.5. The average Bonchev–Trinajstić information content (AvgIpc) is 3.01. The topological polar surface area (TPSA) is 91.1 Å². The third kappa shape index (κ3) is 2.95. The monoisotopic (exact) mass is 293 g/mol. The molecule has 0 aromatic carbocycles. The van der Waals surface area contributed by atoms with Crippen LogP contribution in [-0.4, -0.2) is 42.2 Å². The summed E-state index contributed by atoms with van der Waals surface area (Å²) in [7, 11) is 1.69. The van der Waals surface area contributed by atoms with E-state index in [-0.39, 0.29) is 23.4 Å². The summed E-state index contributed by atoms with van der Waals surface area (Å²) < 4.78 is 5.15. The number of carbonyl (C=O) groups excluding carboxylic acids is 1. The molecule has 0 aliphatic carbocycles. The number of hydrogen-bond acceptors (Lipinski definition) is 5. The summed E-state index contributed by atoms with van der Waals surface area (Å²) in [5, 5.41) is 2.95. The van der Waals surface area contributed by atoms with E-state index >= 15 is 0 Å². The van der Waals surface area contributed by atoms with Gasteiger partial charge in [-0.25, -0.2) is 10.4 Å². The molecule has 21 heavy (non-hydrogen) atoms. The Morgan fingerprint density at radius 1 is 1.38 bits per heavy atom. The summed E-state index contributed by atoms with van der Waals surface area (Å²) in [5.41, 5.74) is 7.90. The van der Waals surface area contributed by atoms with Gasteiger partial charge in [0.1, 0.15) is 11.5 Å². The van der Waals surface area contributed by atoms with Crippen molar-refractivity contribution in [3.05, 3.63) is 17.2 Å². The highest BCUT2D eigenvalue weighted by atomic mass is 16.5. The second-order valence-electron chi connectivity index (χ2n) is 6.70. The van der Waals surface area contributed by atoms with Crippen LogP contribution in [-0.2, 0) is 11.2 Å². The van der Waals surface area contributed by atoms with E-state index in [1.807, 2.05) is 0 Å². The number of rotatable bonds is 3. The molecule has 1 aromatic heterocycles. The molecule has 0 saturated carbocycles.